The van der Waals surface area contributed by atoms with Crippen LogP contribution >= 0.6 is 15.9 Å². The lowest BCUT2D eigenvalue weighted by Gasteiger charge is -2.32. The standard InChI is InChI=1S/C15H19BBrNO2/c1-15(2,3)20-14(19)18-5-4-11-6-10(8-16)7-13(17)12(11)9-18/h6-7H,4-5,8-9H2,1-3H3. The molecule has 0 saturated carbocycles. The van der Waals surface area contributed by atoms with Crippen LogP contribution in [0.25, 0.3) is 0 Å². The van der Waals surface area contributed by atoms with Crippen LogP contribution in [0.5, 0.6) is 0 Å². The van der Waals surface area contributed by atoms with E-state index >= 15 is 0 Å². The fourth-order valence-corrected chi connectivity index (χ4v) is 2.96. The molecule has 0 aliphatic carbocycles. The molecule has 1 heterocycles. The number of fused-ring (bicyclic) bond motifs is 1. The first-order valence-electron chi connectivity index (χ1n) is 6.78. The maximum absolute atomic E-state index is 12.1. The van der Waals surface area contributed by atoms with Gasteiger partial charge < -0.3 is 9.64 Å². The Hall–Kier alpha value is -0.965. The van der Waals surface area contributed by atoms with E-state index in [1.54, 1.807) is 4.90 Å². The zero-order valence-corrected chi connectivity index (χ0v) is 13.8. The number of rotatable bonds is 1. The number of hydrogen-bond donors (Lipinski definition) is 0. The Labute approximate surface area is 130 Å². The van der Waals surface area contributed by atoms with Gasteiger partial charge in [-0.05, 0) is 44.4 Å². The highest BCUT2D eigenvalue weighted by molar-refractivity contribution is 9.10. The van der Waals surface area contributed by atoms with Crippen LogP contribution in [0.3, 0.4) is 0 Å². The summed E-state index contributed by atoms with van der Waals surface area (Å²) in [6, 6.07) is 4.16. The van der Waals surface area contributed by atoms with Crippen molar-refractivity contribution in [2.24, 2.45) is 0 Å². The van der Waals surface area contributed by atoms with Gasteiger partial charge in [-0.1, -0.05) is 33.9 Å². The molecular formula is C15H19BBrNO2. The zero-order chi connectivity index (χ0) is 14.9. The highest BCUT2D eigenvalue weighted by atomic mass is 79.9. The van der Waals surface area contributed by atoms with Crippen LogP contribution in [0.2, 0.25) is 0 Å². The van der Waals surface area contributed by atoms with Gasteiger partial charge in [-0.3, -0.25) is 0 Å². The van der Waals surface area contributed by atoms with Crippen LogP contribution in [0.15, 0.2) is 16.6 Å². The Morgan fingerprint density at radius 3 is 2.75 bits per heavy atom. The van der Waals surface area contributed by atoms with Gasteiger partial charge in [0.1, 0.15) is 5.60 Å². The van der Waals surface area contributed by atoms with Gasteiger partial charge in [0.15, 0.2) is 0 Å². The van der Waals surface area contributed by atoms with Gasteiger partial charge in [-0.15, -0.1) is 0 Å². The van der Waals surface area contributed by atoms with Crippen molar-refractivity contribution < 1.29 is 9.53 Å². The molecule has 2 radical (unpaired) electrons. The maximum Gasteiger partial charge on any atom is 0.410 e. The first-order chi connectivity index (χ1) is 9.30. The minimum Gasteiger partial charge on any atom is -0.444 e. The Morgan fingerprint density at radius 2 is 2.15 bits per heavy atom. The molecule has 0 spiro atoms. The summed E-state index contributed by atoms with van der Waals surface area (Å²) < 4.78 is 6.45. The lowest BCUT2D eigenvalue weighted by molar-refractivity contribution is 0.0223. The molecule has 1 aliphatic rings. The quantitative estimate of drug-likeness (QED) is 0.736. The third-order valence-corrected chi connectivity index (χ3v) is 3.94. The van der Waals surface area contributed by atoms with Crippen LogP contribution < -0.4 is 0 Å². The Kier molecular flexibility index (Phi) is 4.47. The number of carbonyl (C=O) groups excluding carboxylic acids is 1. The van der Waals surface area contributed by atoms with E-state index in [-0.39, 0.29) is 6.09 Å². The molecule has 0 atom stereocenters. The van der Waals surface area contributed by atoms with Crippen molar-refractivity contribution in [2.45, 2.75) is 45.7 Å². The topological polar surface area (TPSA) is 29.5 Å². The number of carbonyl (C=O) groups is 1. The van der Waals surface area contributed by atoms with Gasteiger partial charge in [0.25, 0.3) is 0 Å². The predicted molar refractivity (Wildman–Crippen MR) is 83.9 cm³/mol. The second-order valence-corrected chi connectivity index (χ2v) is 6.93. The molecule has 20 heavy (non-hydrogen) atoms. The summed E-state index contributed by atoms with van der Waals surface area (Å²) in [7, 11) is 5.69. The largest absolute Gasteiger partial charge is 0.444 e. The second-order valence-electron chi connectivity index (χ2n) is 6.07. The number of hydrogen-bond acceptors (Lipinski definition) is 2. The first kappa shape index (κ1) is 15.4. The molecule has 0 fully saturated rings. The molecule has 2 rings (SSSR count). The number of amides is 1. The number of benzene rings is 1. The summed E-state index contributed by atoms with van der Waals surface area (Å²) >= 11 is 3.58. The predicted octanol–water partition coefficient (Wildman–Crippen LogP) is 3.41. The molecule has 106 valence electrons. The zero-order valence-electron chi connectivity index (χ0n) is 12.2. The molecule has 5 heteroatoms. The average Bonchev–Trinajstić information content (AvgIpc) is 2.36. The van der Waals surface area contributed by atoms with Gasteiger partial charge in [-0.25, -0.2) is 4.79 Å². The van der Waals surface area contributed by atoms with E-state index in [2.05, 4.69) is 22.0 Å². The second kappa shape index (κ2) is 5.80. The van der Waals surface area contributed by atoms with Gasteiger partial charge in [0, 0.05) is 11.0 Å². The van der Waals surface area contributed by atoms with Gasteiger partial charge in [0.2, 0.25) is 0 Å². The number of ether oxygens (including phenoxy) is 1. The molecule has 0 unspecified atom stereocenters. The van der Waals surface area contributed by atoms with E-state index < -0.39 is 5.60 Å². The lowest BCUT2D eigenvalue weighted by atomic mass is 9.91. The lowest BCUT2D eigenvalue weighted by Crippen LogP contribution is -2.40. The molecule has 1 amide bonds. The molecule has 1 aliphatic heterocycles. The van der Waals surface area contributed by atoms with Crippen LogP contribution in [-0.2, 0) is 24.0 Å². The molecule has 0 N–H and O–H groups in total. The SMILES string of the molecule is [B]Cc1cc(Br)c2c(c1)CCN(C(=O)OC(C)(C)C)C2. The third kappa shape index (κ3) is 3.57. The summed E-state index contributed by atoms with van der Waals surface area (Å²) in [6.45, 7) is 6.91. The monoisotopic (exact) mass is 335 g/mol. The van der Waals surface area contributed by atoms with E-state index in [1.165, 1.54) is 5.56 Å². The van der Waals surface area contributed by atoms with Crippen molar-refractivity contribution in [1.29, 1.82) is 0 Å². The third-order valence-electron chi connectivity index (χ3n) is 3.24. The summed E-state index contributed by atoms with van der Waals surface area (Å²) in [5.41, 5.74) is 3.07. The van der Waals surface area contributed by atoms with Crippen molar-refractivity contribution in [3.8, 4) is 0 Å². The van der Waals surface area contributed by atoms with Crippen molar-refractivity contribution in [1.82, 2.24) is 4.90 Å². The molecule has 0 aromatic heterocycles. The maximum atomic E-state index is 12.1. The Morgan fingerprint density at radius 1 is 1.45 bits per heavy atom. The molecule has 0 saturated heterocycles. The normalized spacial score (nSPS) is 14.9. The Balaban J connectivity index is 2.17. The van der Waals surface area contributed by atoms with E-state index in [0.29, 0.717) is 19.4 Å². The molecule has 1 aromatic rings. The van der Waals surface area contributed by atoms with Crippen molar-refractivity contribution >= 4 is 29.9 Å². The summed E-state index contributed by atoms with van der Waals surface area (Å²) in [4.78, 5) is 13.9. The fraction of sp³-hybridized carbons (Fsp3) is 0.533. The smallest absolute Gasteiger partial charge is 0.410 e. The number of halogens is 1. The van der Waals surface area contributed by atoms with Crippen molar-refractivity contribution in [3.63, 3.8) is 0 Å². The van der Waals surface area contributed by atoms with Crippen LogP contribution in [-0.4, -0.2) is 31.0 Å². The summed E-state index contributed by atoms with van der Waals surface area (Å²) in [6.07, 6.45) is 1.11. The minimum atomic E-state index is -0.460. The van der Waals surface area contributed by atoms with Crippen LogP contribution in [0.4, 0.5) is 4.79 Å². The number of nitrogens with zero attached hydrogens (tertiary/aromatic N) is 1. The molecule has 3 nitrogen and oxygen atoms in total. The van der Waals surface area contributed by atoms with E-state index in [4.69, 9.17) is 12.6 Å². The Bertz CT molecular complexity index is 525. The van der Waals surface area contributed by atoms with E-state index in [0.717, 1.165) is 22.0 Å². The molecule has 0 bridgehead atoms. The summed E-state index contributed by atoms with van der Waals surface area (Å²) in [5.74, 6) is 0. The molecule has 1 aromatic carbocycles. The van der Waals surface area contributed by atoms with E-state index in [9.17, 15) is 4.79 Å². The molecular weight excluding hydrogens is 317 g/mol. The van der Waals surface area contributed by atoms with Crippen molar-refractivity contribution in [2.75, 3.05) is 6.54 Å². The van der Waals surface area contributed by atoms with Gasteiger partial charge in [-0.2, -0.15) is 0 Å². The van der Waals surface area contributed by atoms with Gasteiger partial charge in [0.05, 0.1) is 14.4 Å². The van der Waals surface area contributed by atoms with Crippen LogP contribution in [0.1, 0.15) is 37.5 Å². The van der Waals surface area contributed by atoms with Gasteiger partial charge >= 0.3 is 6.09 Å². The van der Waals surface area contributed by atoms with E-state index in [1.807, 2.05) is 26.8 Å². The highest BCUT2D eigenvalue weighted by Crippen LogP contribution is 2.29. The van der Waals surface area contributed by atoms with Crippen molar-refractivity contribution in [3.05, 3.63) is 33.3 Å². The summed E-state index contributed by atoms with van der Waals surface area (Å²) in [5, 5.41) is 0. The minimum absolute atomic E-state index is 0.252. The first-order valence-corrected chi connectivity index (χ1v) is 7.57. The average molecular weight is 336 g/mol. The fourth-order valence-electron chi connectivity index (χ4n) is 2.28. The highest BCUT2D eigenvalue weighted by Gasteiger charge is 2.26. The van der Waals surface area contributed by atoms with Crippen LogP contribution in [0, 0.1) is 0 Å².